The van der Waals surface area contributed by atoms with Crippen LogP contribution in [0.15, 0.2) is 84.9 Å². The van der Waals surface area contributed by atoms with E-state index >= 15 is 0 Å². The first-order valence-corrected chi connectivity index (χ1v) is 11.3. The average molecular weight is 425 g/mol. The molecule has 0 saturated heterocycles. The van der Waals surface area contributed by atoms with Crippen molar-refractivity contribution in [2.24, 2.45) is 5.92 Å². The van der Waals surface area contributed by atoms with Crippen LogP contribution in [0.1, 0.15) is 46.8 Å². The number of allylic oxidation sites excluding steroid dienone is 2. The van der Waals surface area contributed by atoms with Crippen molar-refractivity contribution in [1.29, 1.82) is 0 Å². The van der Waals surface area contributed by atoms with Crippen LogP contribution in [0.3, 0.4) is 0 Å². The third-order valence-corrected chi connectivity index (χ3v) is 6.61. The maximum atomic E-state index is 13.2. The van der Waals surface area contributed by atoms with Crippen molar-refractivity contribution in [3.63, 3.8) is 0 Å². The van der Waals surface area contributed by atoms with Gasteiger partial charge in [-0.1, -0.05) is 48.6 Å². The lowest BCUT2D eigenvalue weighted by Gasteiger charge is -2.38. The molecule has 1 amide bonds. The van der Waals surface area contributed by atoms with Gasteiger partial charge in [0.1, 0.15) is 5.75 Å². The number of rotatable bonds is 5. The fraction of sp³-hybridized carbons (Fsp3) is 0.250. The molecule has 1 aliphatic carbocycles. The van der Waals surface area contributed by atoms with Gasteiger partial charge in [-0.3, -0.25) is 4.79 Å². The van der Waals surface area contributed by atoms with Crippen LogP contribution in [-0.2, 0) is 0 Å². The van der Waals surface area contributed by atoms with Crippen molar-refractivity contribution >= 4 is 17.3 Å². The van der Waals surface area contributed by atoms with Crippen molar-refractivity contribution in [3.05, 3.63) is 102 Å². The molecule has 5 rings (SSSR count). The minimum Gasteiger partial charge on any atom is -0.494 e. The summed E-state index contributed by atoms with van der Waals surface area (Å²) in [6.07, 6.45) is 5.58. The molecule has 0 fully saturated rings. The molecule has 1 aliphatic heterocycles. The van der Waals surface area contributed by atoms with Gasteiger partial charge in [0.15, 0.2) is 0 Å². The summed E-state index contributed by atoms with van der Waals surface area (Å²) in [5, 5.41) is 3.77. The summed E-state index contributed by atoms with van der Waals surface area (Å²) in [7, 11) is 1.83. The van der Waals surface area contributed by atoms with Crippen LogP contribution < -0.4 is 15.0 Å². The Kier molecular flexibility index (Phi) is 5.44. The normalized spacial score (nSPS) is 20.8. The minimum atomic E-state index is 0.00124. The molecule has 1 N–H and O–H groups in total. The van der Waals surface area contributed by atoms with E-state index in [-0.39, 0.29) is 17.9 Å². The number of anilines is 2. The first-order valence-electron chi connectivity index (χ1n) is 11.3. The third kappa shape index (κ3) is 3.56. The molecule has 3 atom stereocenters. The molecule has 2 aliphatic rings. The summed E-state index contributed by atoms with van der Waals surface area (Å²) < 4.78 is 5.94. The highest BCUT2D eigenvalue weighted by atomic mass is 16.5. The predicted molar refractivity (Wildman–Crippen MR) is 130 cm³/mol. The summed E-state index contributed by atoms with van der Waals surface area (Å²) in [6.45, 7) is 2.67. The molecule has 32 heavy (non-hydrogen) atoms. The minimum absolute atomic E-state index is 0.00124. The topological polar surface area (TPSA) is 41.6 Å². The quantitative estimate of drug-likeness (QED) is 0.497. The molecule has 0 bridgehead atoms. The summed E-state index contributed by atoms with van der Waals surface area (Å²) in [6, 6.07) is 24.3. The van der Waals surface area contributed by atoms with Gasteiger partial charge >= 0.3 is 0 Å². The van der Waals surface area contributed by atoms with Gasteiger partial charge in [0.2, 0.25) is 0 Å². The molecule has 3 aromatic carbocycles. The molecular formula is C28H28N2O2. The molecule has 3 aromatic rings. The lowest BCUT2D eigenvalue weighted by Crippen LogP contribution is -2.30. The smallest absolute Gasteiger partial charge is 0.258 e. The van der Waals surface area contributed by atoms with Crippen LogP contribution in [-0.4, -0.2) is 19.6 Å². The second-order valence-electron chi connectivity index (χ2n) is 8.45. The van der Waals surface area contributed by atoms with Crippen LogP contribution in [0.5, 0.6) is 5.75 Å². The highest BCUT2D eigenvalue weighted by molar-refractivity contribution is 6.06. The number of hydrogen-bond acceptors (Lipinski definition) is 3. The van der Waals surface area contributed by atoms with Crippen LogP contribution in [0.4, 0.5) is 11.4 Å². The van der Waals surface area contributed by atoms with Crippen molar-refractivity contribution in [2.75, 3.05) is 23.9 Å². The second-order valence-corrected chi connectivity index (χ2v) is 8.45. The zero-order valence-corrected chi connectivity index (χ0v) is 18.5. The molecule has 1 heterocycles. The van der Waals surface area contributed by atoms with E-state index in [0.29, 0.717) is 18.1 Å². The fourth-order valence-electron chi connectivity index (χ4n) is 5.02. The number of nitrogens with zero attached hydrogens (tertiary/aromatic N) is 1. The Morgan fingerprint density at radius 3 is 2.62 bits per heavy atom. The number of carbonyl (C=O) groups excluding carboxylic acids is 1. The van der Waals surface area contributed by atoms with Crippen LogP contribution in [0, 0.1) is 5.92 Å². The number of nitrogens with one attached hydrogen (secondary N) is 1. The zero-order chi connectivity index (χ0) is 22.1. The zero-order valence-electron chi connectivity index (χ0n) is 18.5. The molecule has 4 heteroatoms. The average Bonchev–Trinajstić information content (AvgIpc) is 3.34. The van der Waals surface area contributed by atoms with Gasteiger partial charge in [0, 0.05) is 35.5 Å². The number of para-hydroxylation sites is 2. The largest absolute Gasteiger partial charge is 0.494 e. The van der Waals surface area contributed by atoms with E-state index in [1.165, 1.54) is 11.1 Å². The van der Waals surface area contributed by atoms with Crippen LogP contribution >= 0.6 is 0 Å². The van der Waals surface area contributed by atoms with E-state index in [1.807, 2.05) is 56.4 Å². The van der Waals surface area contributed by atoms with E-state index in [2.05, 4.69) is 47.8 Å². The molecular weight excluding hydrogens is 396 g/mol. The number of benzene rings is 3. The maximum Gasteiger partial charge on any atom is 0.258 e. The maximum absolute atomic E-state index is 13.2. The van der Waals surface area contributed by atoms with Crippen molar-refractivity contribution in [1.82, 2.24) is 0 Å². The van der Waals surface area contributed by atoms with Crippen molar-refractivity contribution in [3.8, 4) is 5.75 Å². The number of fused-ring (bicyclic) bond motifs is 3. The first kappa shape index (κ1) is 20.4. The lowest BCUT2D eigenvalue weighted by atomic mass is 9.76. The highest BCUT2D eigenvalue weighted by Gasteiger charge is 2.39. The summed E-state index contributed by atoms with van der Waals surface area (Å²) in [5.74, 6) is 1.61. The van der Waals surface area contributed by atoms with E-state index in [4.69, 9.17) is 4.74 Å². The predicted octanol–water partition coefficient (Wildman–Crippen LogP) is 6.19. The SMILES string of the molecule is CCOc1ccccc1C1Nc2ccc(C(=O)N(C)c3ccccc3)cc2C2C=CCC21. The molecule has 0 spiro atoms. The lowest BCUT2D eigenvalue weighted by molar-refractivity contribution is 0.0993. The second kappa shape index (κ2) is 8.54. The van der Waals surface area contributed by atoms with E-state index in [0.717, 1.165) is 23.5 Å². The molecule has 0 saturated carbocycles. The van der Waals surface area contributed by atoms with E-state index in [9.17, 15) is 4.79 Å². The summed E-state index contributed by atoms with van der Waals surface area (Å²) >= 11 is 0. The van der Waals surface area contributed by atoms with Crippen molar-refractivity contribution in [2.45, 2.75) is 25.3 Å². The summed E-state index contributed by atoms with van der Waals surface area (Å²) in [5.41, 5.74) is 5.08. The van der Waals surface area contributed by atoms with E-state index < -0.39 is 0 Å². The highest BCUT2D eigenvalue weighted by Crippen LogP contribution is 2.51. The molecule has 162 valence electrons. The van der Waals surface area contributed by atoms with E-state index in [1.54, 1.807) is 4.90 Å². The van der Waals surface area contributed by atoms with Gasteiger partial charge in [-0.25, -0.2) is 0 Å². The Morgan fingerprint density at radius 1 is 1.03 bits per heavy atom. The fourth-order valence-corrected chi connectivity index (χ4v) is 5.02. The Morgan fingerprint density at radius 2 is 1.81 bits per heavy atom. The van der Waals surface area contributed by atoms with Gasteiger partial charge in [0.05, 0.1) is 12.6 Å². The Hall–Kier alpha value is -3.53. The number of hydrogen-bond donors (Lipinski definition) is 1. The Labute approximate surface area is 189 Å². The van der Waals surface area contributed by atoms with Gasteiger partial charge in [-0.2, -0.15) is 0 Å². The monoisotopic (exact) mass is 424 g/mol. The Balaban J connectivity index is 1.48. The Bertz CT molecular complexity index is 1160. The van der Waals surface area contributed by atoms with Crippen LogP contribution in [0.2, 0.25) is 0 Å². The molecule has 3 unspecified atom stereocenters. The van der Waals surface area contributed by atoms with Gasteiger partial charge in [-0.05, 0) is 61.2 Å². The van der Waals surface area contributed by atoms with Crippen molar-refractivity contribution < 1.29 is 9.53 Å². The van der Waals surface area contributed by atoms with Crippen LogP contribution in [0.25, 0.3) is 0 Å². The molecule has 0 aromatic heterocycles. The third-order valence-electron chi connectivity index (χ3n) is 6.61. The van der Waals surface area contributed by atoms with Gasteiger partial charge < -0.3 is 15.0 Å². The standard InChI is InChI=1S/C28H28N2O2/c1-3-32-26-15-8-7-12-23(26)27-22-14-9-13-21(22)24-18-19(16-17-25(24)29-27)28(31)30(2)20-10-5-4-6-11-20/h4-13,15-18,21-22,27,29H,3,14H2,1-2H3. The first-order chi connectivity index (χ1) is 15.7. The van der Waals surface area contributed by atoms with Gasteiger partial charge in [0.25, 0.3) is 5.91 Å². The molecule has 0 radical (unpaired) electrons. The number of carbonyl (C=O) groups is 1. The molecule has 4 nitrogen and oxygen atoms in total. The number of ether oxygens (including phenoxy) is 1. The summed E-state index contributed by atoms with van der Waals surface area (Å²) in [4.78, 5) is 14.9. The van der Waals surface area contributed by atoms with Gasteiger partial charge in [-0.15, -0.1) is 0 Å². The number of amides is 1.